The summed E-state index contributed by atoms with van der Waals surface area (Å²) in [5, 5.41) is 10.6. The number of ether oxygens (including phenoxy) is 1. The van der Waals surface area contributed by atoms with Gasteiger partial charge in [-0.15, -0.1) is 0 Å². The van der Waals surface area contributed by atoms with Crippen molar-refractivity contribution in [1.29, 1.82) is 0 Å². The zero-order valence-corrected chi connectivity index (χ0v) is 21.3. The van der Waals surface area contributed by atoms with Crippen LogP contribution < -0.4 is 0 Å². The average Bonchev–Trinajstić information content (AvgIpc) is 3.27. The Morgan fingerprint density at radius 2 is 1.74 bits per heavy atom. The summed E-state index contributed by atoms with van der Waals surface area (Å²) < 4.78 is 7.53. The Bertz CT molecular complexity index is 990. The Hall–Kier alpha value is -2.38. The number of hydrogen-bond acceptors (Lipinski definition) is 6. The van der Waals surface area contributed by atoms with Crippen LogP contribution in [0.15, 0.2) is 28.1 Å². The van der Waals surface area contributed by atoms with Crippen molar-refractivity contribution in [2.75, 3.05) is 45.9 Å². The van der Waals surface area contributed by atoms with Crippen molar-refractivity contribution in [3.05, 3.63) is 40.0 Å². The molecule has 3 aliphatic heterocycles. The monoisotopic (exact) mass is 468 g/mol. The predicted octanol–water partition coefficient (Wildman–Crippen LogP) is 4.42. The van der Waals surface area contributed by atoms with E-state index in [4.69, 9.17) is 4.74 Å². The number of aryl methyl sites for hydroxylation is 1. The number of hydrogen-bond donors (Lipinski definition) is 1. The van der Waals surface area contributed by atoms with Gasteiger partial charge < -0.3 is 24.2 Å². The summed E-state index contributed by atoms with van der Waals surface area (Å²) in [6.07, 6.45) is 8.30. The zero-order chi connectivity index (χ0) is 24.2. The van der Waals surface area contributed by atoms with E-state index in [9.17, 15) is 9.90 Å². The molecule has 0 aliphatic carbocycles. The zero-order valence-electron chi connectivity index (χ0n) is 21.3. The number of carbonyl (C=O) groups excluding carboxylic acids is 1. The molecule has 0 aromatic carbocycles. The molecule has 1 N–H and O–H groups in total. The summed E-state index contributed by atoms with van der Waals surface area (Å²) in [5.41, 5.74) is 4.53. The summed E-state index contributed by atoms with van der Waals surface area (Å²) >= 11 is 0. The number of esters is 1. The third-order valence-electron chi connectivity index (χ3n) is 7.53. The molecule has 7 nitrogen and oxygen atoms in total. The van der Waals surface area contributed by atoms with E-state index in [0.29, 0.717) is 17.5 Å². The van der Waals surface area contributed by atoms with Crippen LogP contribution in [0.4, 0.5) is 0 Å². The van der Waals surface area contributed by atoms with Gasteiger partial charge in [0.25, 0.3) is 0 Å². The molecule has 0 spiro atoms. The van der Waals surface area contributed by atoms with Crippen molar-refractivity contribution in [2.24, 2.45) is 4.99 Å². The van der Waals surface area contributed by atoms with Gasteiger partial charge in [0.15, 0.2) is 5.76 Å². The van der Waals surface area contributed by atoms with E-state index in [1.54, 1.807) is 13.8 Å². The van der Waals surface area contributed by atoms with Gasteiger partial charge >= 0.3 is 5.97 Å². The minimum Gasteiger partial charge on any atom is -0.505 e. The van der Waals surface area contributed by atoms with Crippen LogP contribution in [0.2, 0.25) is 0 Å². The van der Waals surface area contributed by atoms with Crippen LogP contribution in [-0.4, -0.2) is 77.0 Å². The number of carbonyl (C=O) groups is 1. The second-order valence-corrected chi connectivity index (χ2v) is 9.84. The van der Waals surface area contributed by atoms with Gasteiger partial charge in [0.05, 0.1) is 12.3 Å². The van der Waals surface area contributed by atoms with Crippen LogP contribution in [0, 0.1) is 13.8 Å². The van der Waals surface area contributed by atoms with Crippen molar-refractivity contribution < 1.29 is 14.6 Å². The van der Waals surface area contributed by atoms with Crippen molar-refractivity contribution in [3.63, 3.8) is 0 Å². The van der Waals surface area contributed by atoms with Gasteiger partial charge in [0.2, 0.25) is 0 Å². The highest BCUT2D eigenvalue weighted by atomic mass is 16.5. The summed E-state index contributed by atoms with van der Waals surface area (Å²) in [5.74, 6) is -0.620. The van der Waals surface area contributed by atoms with E-state index in [1.165, 1.54) is 56.8 Å². The summed E-state index contributed by atoms with van der Waals surface area (Å²) in [6, 6.07) is 2.65. The summed E-state index contributed by atoms with van der Waals surface area (Å²) in [7, 11) is 0. The van der Waals surface area contributed by atoms with Crippen LogP contribution in [0.25, 0.3) is 6.08 Å². The standard InChI is InChI=1S/C27H40N4O3/c1-5-34-27(33)25-20(3)28-24(26(25)32)18-22-17-19(2)31(21(22)4)23-9-13-30(14-10-23)16-15-29-11-7-6-8-12-29/h17-18,23,32H,5-16H2,1-4H3/b24-18+. The lowest BCUT2D eigenvalue weighted by Crippen LogP contribution is -2.41. The minimum atomic E-state index is -0.526. The van der Waals surface area contributed by atoms with Gasteiger partial charge in [-0.2, -0.15) is 0 Å². The number of aliphatic imine (C=N–C) groups is 1. The molecule has 7 heteroatoms. The van der Waals surface area contributed by atoms with Gasteiger partial charge in [-0.05, 0) is 84.2 Å². The SMILES string of the molecule is CCOC(=O)C1=C(O)/C(=C\c2cc(C)n(C3CCN(CCN4CCCCC4)CC3)c2C)N=C1C. The lowest BCUT2D eigenvalue weighted by molar-refractivity contribution is -0.138. The first-order valence-electron chi connectivity index (χ1n) is 12.9. The molecule has 0 atom stereocenters. The molecule has 34 heavy (non-hydrogen) atoms. The maximum absolute atomic E-state index is 12.2. The number of likely N-dealkylation sites (tertiary alicyclic amines) is 2. The van der Waals surface area contributed by atoms with Crippen LogP contribution in [0.3, 0.4) is 0 Å². The van der Waals surface area contributed by atoms with E-state index in [1.807, 2.05) is 6.08 Å². The largest absolute Gasteiger partial charge is 0.505 e. The summed E-state index contributed by atoms with van der Waals surface area (Å²) in [6.45, 7) is 15.2. The molecular weight excluding hydrogens is 428 g/mol. The van der Waals surface area contributed by atoms with Gasteiger partial charge in [-0.1, -0.05) is 6.42 Å². The molecule has 0 bridgehead atoms. The Kier molecular flexibility index (Phi) is 7.94. The number of aliphatic hydroxyl groups is 1. The number of aliphatic hydroxyl groups excluding tert-OH is 1. The van der Waals surface area contributed by atoms with Crippen LogP contribution in [-0.2, 0) is 9.53 Å². The van der Waals surface area contributed by atoms with E-state index >= 15 is 0 Å². The van der Waals surface area contributed by atoms with Crippen LogP contribution in [0.1, 0.15) is 68.9 Å². The molecule has 0 unspecified atom stereocenters. The third-order valence-corrected chi connectivity index (χ3v) is 7.53. The fourth-order valence-corrected chi connectivity index (χ4v) is 5.66. The Morgan fingerprint density at radius 3 is 2.38 bits per heavy atom. The molecule has 4 rings (SSSR count). The number of nitrogens with zero attached hydrogens (tertiary/aromatic N) is 4. The molecule has 2 saturated heterocycles. The fraction of sp³-hybridized carbons (Fsp3) is 0.630. The Balaban J connectivity index is 1.42. The number of rotatable bonds is 7. The highest BCUT2D eigenvalue weighted by molar-refractivity contribution is 6.22. The topological polar surface area (TPSA) is 70.3 Å². The normalized spacial score (nSPS) is 22.0. The van der Waals surface area contributed by atoms with Gasteiger partial charge in [0.1, 0.15) is 11.3 Å². The molecule has 2 fully saturated rings. The van der Waals surface area contributed by atoms with Crippen molar-refractivity contribution in [3.8, 4) is 0 Å². The first kappa shape index (κ1) is 24.7. The van der Waals surface area contributed by atoms with Crippen LogP contribution in [0.5, 0.6) is 0 Å². The van der Waals surface area contributed by atoms with Gasteiger partial charge in [0, 0.05) is 43.6 Å². The highest BCUT2D eigenvalue weighted by Gasteiger charge is 2.29. The average molecular weight is 469 g/mol. The van der Waals surface area contributed by atoms with Crippen LogP contribution >= 0.6 is 0 Å². The molecule has 1 aromatic heterocycles. The molecule has 0 saturated carbocycles. The molecular formula is C27H40N4O3. The second kappa shape index (κ2) is 10.9. The van der Waals surface area contributed by atoms with Crippen molar-refractivity contribution in [2.45, 2.75) is 65.8 Å². The number of piperidine rings is 2. The number of aromatic nitrogens is 1. The fourth-order valence-electron chi connectivity index (χ4n) is 5.66. The highest BCUT2D eigenvalue weighted by Crippen LogP contribution is 2.32. The summed E-state index contributed by atoms with van der Waals surface area (Å²) in [4.78, 5) is 21.9. The minimum absolute atomic E-state index is 0.0947. The molecule has 1 aromatic rings. The Labute approximate surface area is 203 Å². The van der Waals surface area contributed by atoms with Gasteiger partial charge in [-0.3, -0.25) is 0 Å². The molecule has 3 aliphatic rings. The maximum atomic E-state index is 12.2. The third kappa shape index (κ3) is 5.31. The van der Waals surface area contributed by atoms with E-state index in [0.717, 1.165) is 31.5 Å². The van der Waals surface area contributed by atoms with E-state index < -0.39 is 5.97 Å². The van der Waals surface area contributed by atoms with Crippen molar-refractivity contribution in [1.82, 2.24) is 14.4 Å². The Morgan fingerprint density at radius 1 is 1.09 bits per heavy atom. The quantitative estimate of drug-likeness (QED) is 0.600. The maximum Gasteiger partial charge on any atom is 0.343 e. The molecule has 4 heterocycles. The lowest BCUT2D eigenvalue weighted by Gasteiger charge is -2.36. The first-order chi connectivity index (χ1) is 16.4. The second-order valence-electron chi connectivity index (χ2n) is 9.84. The van der Waals surface area contributed by atoms with E-state index in [2.05, 4.69) is 39.3 Å². The van der Waals surface area contributed by atoms with Gasteiger partial charge in [-0.25, -0.2) is 9.79 Å². The predicted molar refractivity (Wildman–Crippen MR) is 136 cm³/mol. The molecule has 186 valence electrons. The van der Waals surface area contributed by atoms with E-state index in [-0.39, 0.29) is 17.9 Å². The smallest absolute Gasteiger partial charge is 0.343 e. The molecule has 0 amide bonds. The molecule has 0 radical (unpaired) electrons. The lowest BCUT2D eigenvalue weighted by atomic mass is 10.0. The first-order valence-corrected chi connectivity index (χ1v) is 12.9. The van der Waals surface area contributed by atoms with Crippen molar-refractivity contribution >= 4 is 17.8 Å².